The van der Waals surface area contributed by atoms with Crippen molar-refractivity contribution >= 4 is 22.8 Å². The van der Waals surface area contributed by atoms with Crippen LogP contribution in [0, 0.1) is 0 Å². The average molecular weight is 206 g/mol. The van der Waals surface area contributed by atoms with E-state index < -0.39 is 0 Å². The van der Waals surface area contributed by atoms with E-state index in [0.717, 1.165) is 11.1 Å². The van der Waals surface area contributed by atoms with Gasteiger partial charge in [-0.3, -0.25) is 0 Å². The first-order valence-corrected chi connectivity index (χ1v) is 4.75. The van der Waals surface area contributed by atoms with Crippen molar-refractivity contribution in [1.82, 2.24) is 0 Å². The zero-order valence-electron chi connectivity index (χ0n) is 7.82. The maximum absolute atomic E-state index is 5.27. The predicted octanol–water partition coefficient (Wildman–Crippen LogP) is 2.75. The Morgan fingerprint density at radius 2 is 2.00 bits per heavy atom. The Labute approximate surface area is 88.1 Å². The monoisotopic (exact) mass is 206 g/mol. The van der Waals surface area contributed by atoms with Gasteiger partial charge >= 0.3 is 0 Å². The van der Waals surface area contributed by atoms with E-state index in [4.69, 9.17) is 21.7 Å². The number of hydrogen-bond acceptors (Lipinski definition) is 3. The molecule has 0 saturated carbocycles. The molecule has 72 valence electrons. The third kappa shape index (κ3) is 1.63. The first kappa shape index (κ1) is 9.21. The van der Waals surface area contributed by atoms with Crippen LogP contribution >= 0.6 is 12.2 Å². The van der Waals surface area contributed by atoms with Crippen LogP contribution in [-0.2, 0) is 9.47 Å². The highest BCUT2D eigenvalue weighted by molar-refractivity contribution is 7.80. The van der Waals surface area contributed by atoms with Gasteiger partial charge in [0.1, 0.15) is 0 Å². The maximum Gasteiger partial charge on any atom is 0.289 e. The fourth-order valence-corrected chi connectivity index (χ4v) is 1.66. The van der Waals surface area contributed by atoms with Crippen LogP contribution in [0.5, 0.6) is 0 Å². The molecule has 1 aliphatic rings. The number of thiocarbonyl (C=S) groups is 1. The Morgan fingerprint density at radius 1 is 1.29 bits per heavy atom. The second-order valence-corrected chi connectivity index (χ2v) is 3.44. The van der Waals surface area contributed by atoms with Crippen molar-refractivity contribution in [3.05, 3.63) is 41.8 Å². The molecule has 0 fully saturated rings. The fourth-order valence-electron chi connectivity index (χ4n) is 1.44. The number of rotatable bonds is 2. The molecule has 0 aromatic heterocycles. The van der Waals surface area contributed by atoms with Crippen LogP contribution < -0.4 is 0 Å². The van der Waals surface area contributed by atoms with Gasteiger partial charge in [-0.15, -0.1) is 0 Å². The van der Waals surface area contributed by atoms with E-state index in [9.17, 15) is 0 Å². The molecule has 0 radical (unpaired) electrons. The molecule has 0 bridgehead atoms. The molecule has 1 aromatic carbocycles. The van der Waals surface area contributed by atoms with Crippen molar-refractivity contribution in [3.63, 3.8) is 0 Å². The highest BCUT2D eigenvalue weighted by Crippen LogP contribution is 2.30. The Hall–Kier alpha value is -1.35. The van der Waals surface area contributed by atoms with Crippen molar-refractivity contribution in [2.75, 3.05) is 7.11 Å². The highest BCUT2D eigenvalue weighted by atomic mass is 32.1. The second kappa shape index (κ2) is 3.80. The van der Waals surface area contributed by atoms with E-state index >= 15 is 0 Å². The van der Waals surface area contributed by atoms with Crippen molar-refractivity contribution in [1.29, 1.82) is 0 Å². The summed E-state index contributed by atoms with van der Waals surface area (Å²) in [6, 6.07) is 9.98. The Bertz CT molecular complexity index is 382. The Balaban J connectivity index is 2.38. The summed E-state index contributed by atoms with van der Waals surface area (Å²) < 4.78 is 10.4. The SMILES string of the molecule is COC1=C(c2ccccc2)CC(=S)O1. The molecule has 2 rings (SSSR count). The topological polar surface area (TPSA) is 18.5 Å². The summed E-state index contributed by atoms with van der Waals surface area (Å²) in [6.07, 6.45) is 0.655. The minimum absolute atomic E-state index is 0.529. The standard InChI is InChI=1S/C11H10O2S/c1-12-11-9(7-10(14)13-11)8-5-3-2-4-6-8/h2-6H,7H2,1H3. The lowest BCUT2D eigenvalue weighted by atomic mass is 10.1. The van der Waals surface area contributed by atoms with Gasteiger partial charge in [0.05, 0.1) is 7.11 Å². The van der Waals surface area contributed by atoms with Crippen LogP contribution in [0.1, 0.15) is 12.0 Å². The van der Waals surface area contributed by atoms with Crippen LogP contribution in [-0.4, -0.2) is 12.2 Å². The van der Waals surface area contributed by atoms with Crippen LogP contribution in [0.4, 0.5) is 0 Å². The first-order valence-electron chi connectivity index (χ1n) is 4.34. The van der Waals surface area contributed by atoms with Gasteiger partial charge in [-0.05, 0) is 17.8 Å². The molecule has 14 heavy (non-hydrogen) atoms. The third-order valence-corrected chi connectivity index (χ3v) is 2.31. The van der Waals surface area contributed by atoms with E-state index in [2.05, 4.69) is 0 Å². The molecule has 0 unspecified atom stereocenters. The number of ether oxygens (including phenoxy) is 2. The van der Waals surface area contributed by atoms with Crippen LogP contribution in [0.2, 0.25) is 0 Å². The van der Waals surface area contributed by atoms with Crippen molar-refractivity contribution in [3.8, 4) is 0 Å². The summed E-state index contributed by atoms with van der Waals surface area (Å²) in [5, 5.41) is 0.570. The van der Waals surface area contributed by atoms with Gasteiger partial charge in [0.25, 0.3) is 5.95 Å². The molecule has 1 aromatic rings. The highest BCUT2D eigenvalue weighted by Gasteiger charge is 2.22. The minimum Gasteiger partial charge on any atom is -0.468 e. The largest absolute Gasteiger partial charge is 0.468 e. The summed E-state index contributed by atoms with van der Waals surface area (Å²) in [4.78, 5) is 0. The molecule has 0 aliphatic carbocycles. The molecule has 1 heterocycles. The van der Waals surface area contributed by atoms with E-state index in [-0.39, 0.29) is 0 Å². The van der Waals surface area contributed by atoms with E-state index in [0.29, 0.717) is 17.4 Å². The van der Waals surface area contributed by atoms with Gasteiger partial charge in [0, 0.05) is 12.0 Å². The maximum atomic E-state index is 5.27. The second-order valence-electron chi connectivity index (χ2n) is 2.99. The van der Waals surface area contributed by atoms with Crippen molar-refractivity contribution < 1.29 is 9.47 Å². The number of hydrogen-bond donors (Lipinski definition) is 0. The lowest BCUT2D eigenvalue weighted by Crippen LogP contribution is -1.91. The van der Waals surface area contributed by atoms with Crippen molar-refractivity contribution in [2.45, 2.75) is 6.42 Å². The van der Waals surface area contributed by atoms with Crippen LogP contribution in [0.15, 0.2) is 36.3 Å². The molecule has 0 spiro atoms. The van der Waals surface area contributed by atoms with Crippen LogP contribution in [0.3, 0.4) is 0 Å². The summed E-state index contributed by atoms with van der Waals surface area (Å²) in [5.41, 5.74) is 2.13. The number of benzene rings is 1. The first-order chi connectivity index (χ1) is 6.81. The molecule has 2 nitrogen and oxygen atoms in total. The Kier molecular flexibility index (Phi) is 2.50. The van der Waals surface area contributed by atoms with Gasteiger partial charge in [-0.25, -0.2) is 0 Å². The molecular formula is C11H10O2S. The Morgan fingerprint density at radius 3 is 2.64 bits per heavy atom. The molecule has 0 saturated heterocycles. The van der Waals surface area contributed by atoms with Crippen LogP contribution in [0.25, 0.3) is 5.57 Å². The zero-order chi connectivity index (χ0) is 9.97. The molecule has 3 heteroatoms. The smallest absolute Gasteiger partial charge is 0.289 e. The minimum atomic E-state index is 0.529. The average Bonchev–Trinajstić information content (AvgIpc) is 2.61. The third-order valence-electron chi connectivity index (χ3n) is 2.08. The van der Waals surface area contributed by atoms with Gasteiger partial charge in [0.15, 0.2) is 5.05 Å². The van der Waals surface area contributed by atoms with Gasteiger partial charge in [-0.1, -0.05) is 30.3 Å². The normalized spacial score (nSPS) is 15.6. The molecular weight excluding hydrogens is 196 g/mol. The van der Waals surface area contributed by atoms with E-state index in [1.165, 1.54) is 0 Å². The summed E-state index contributed by atoms with van der Waals surface area (Å²) in [5.74, 6) is 0.529. The lowest BCUT2D eigenvalue weighted by molar-refractivity contribution is 0.156. The van der Waals surface area contributed by atoms with Crippen molar-refractivity contribution in [2.24, 2.45) is 0 Å². The van der Waals surface area contributed by atoms with E-state index in [1.54, 1.807) is 7.11 Å². The zero-order valence-corrected chi connectivity index (χ0v) is 8.64. The summed E-state index contributed by atoms with van der Waals surface area (Å²) >= 11 is 5.00. The number of methoxy groups -OCH3 is 1. The predicted molar refractivity (Wildman–Crippen MR) is 58.7 cm³/mol. The quantitative estimate of drug-likeness (QED) is 0.693. The fraction of sp³-hybridized carbons (Fsp3) is 0.182. The van der Waals surface area contributed by atoms with Gasteiger partial charge in [-0.2, -0.15) is 0 Å². The van der Waals surface area contributed by atoms with Gasteiger partial charge < -0.3 is 9.47 Å². The molecule has 0 N–H and O–H groups in total. The molecule has 0 atom stereocenters. The summed E-state index contributed by atoms with van der Waals surface area (Å²) in [7, 11) is 1.59. The molecule has 0 amide bonds. The van der Waals surface area contributed by atoms with E-state index in [1.807, 2.05) is 30.3 Å². The molecule has 1 aliphatic heterocycles. The van der Waals surface area contributed by atoms with Gasteiger partial charge in [0.2, 0.25) is 0 Å². The lowest BCUT2D eigenvalue weighted by Gasteiger charge is -2.02. The summed E-state index contributed by atoms with van der Waals surface area (Å²) in [6.45, 7) is 0.